The summed E-state index contributed by atoms with van der Waals surface area (Å²) in [6.07, 6.45) is 7.79. The first-order valence-electron chi connectivity index (χ1n) is 8.06. The third-order valence-corrected chi connectivity index (χ3v) is 4.89. The highest BCUT2D eigenvalue weighted by molar-refractivity contribution is 5.18. The van der Waals surface area contributed by atoms with E-state index in [9.17, 15) is 5.26 Å². The Morgan fingerprint density at radius 3 is 2.32 bits per heavy atom. The van der Waals surface area contributed by atoms with Crippen LogP contribution in [0.5, 0.6) is 0 Å². The smallest absolute Gasteiger partial charge is 0.122 e. The van der Waals surface area contributed by atoms with Crippen LogP contribution in [0.1, 0.15) is 52.4 Å². The molecule has 0 aromatic heterocycles. The van der Waals surface area contributed by atoms with E-state index in [2.05, 4.69) is 30.1 Å². The lowest BCUT2D eigenvalue weighted by atomic mass is 9.93. The number of rotatable bonds is 8. The van der Waals surface area contributed by atoms with Crippen molar-refractivity contribution in [1.29, 1.82) is 5.26 Å². The molecule has 0 aliphatic heterocycles. The molecule has 3 aliphatic carbocycles. The van der Waals surface area contributed by atoms with Gasteiger partial charge in [-0.3, -0.25) is 10.2 Å². The van der Waals surface area contributed by atoms with Gasteiger partial charge in [0.25, 0.3) is 0 Å². The summed E-state index contributed by atoms with van der Waals surface area (Å²) < 4.78 is 0. The summed E-state index contributed by atoms with van der Waals surface area (Å²) in [6.45, 7) is 6.67. The van der Waals surface area contributed by atoms with Crippen molar-refractivity contribution in [3.8, 4) is 6.07 Å². The first-order chi connectivity index (χ1) is 9.13. The van der Waals surface area contributed by atoms with Crippen LogP contribution < -0.4 is 5.32 Å². The van der Waals surface area contributed by atoms with E-state index in [0.29, 0.717) is 18.0 Å². The van der Waals surface area contributed by atoms with Crippen molar-refractivity contribution in [1.82, 2.24) is 10.2 Å². The van der Waals surface area contributed by atoms with Gasteiger partial charge in [0, 0.05) is 25.2 Å². The Hall–Kier alpha value is -0.590. The predicted molar refractivity (Wildman–Crippen MR) is 76.7 cm³/mol. The molecular formula is C16H27N3. The van der Waals surface area contributed by atoms with Gasteiger partial charge in [0.15, 0.2) is 0 Å². The van der Waals surface area contributed by atoms with Crippen LogP contribution in [0.25, 0.3) is 0 Å². The van der Waals surface area contributed by atoms with E-state index in [1.54, 1.807) is 0 Å². The molecule has 106 valence electrons. The third-order valence-electron chi connectivity index (χ3n) is 4.89. The highest BCUT2D eigenvalue weighted by atomic mass is 15.2. The summed E-state index contributed by atoms with van der Waals surface area (Å²) in [5, 5.41) is 13.5. The summed E-state index contributed by atoms with van der Waals surface area (Å²) in [5.41, 5.74) is -0.264. The van der Waals surface area contributed by atoms with Crippen molar-refractivity contribution in [3.05, 3.63) is 0 Å². The molecule has 0 aromatic carbocycles. The largest absolute Gasteiger partial charge is 0.298 e. The lowest BCUT2D eigenvalue weighted by Crippen LogP contribution is -2.56. The van der Waals surface area contributed by atoms with Crippen LogP contribution in [0.15, 0.2) is 0 Å². The molecule has 3 aliphatic rings. The standard InChI is InChI=1S/C16H27N3/c1-12(2)19(9-13-3-4-13)11-16(10-17,14-5-6-14)18-15-7-8-15/h12-15,18H,3-9,11H2,1-2H3. The zero-order valence-corrected chi connectivity index (χ0v) is 12.4. The van der Waals surface area contributed by atoms with Crippen LogP contribution in [0, 0.1) is 23.2 Å². The number of nitriles is 1. The molecule has 1 atom stereocenters. The molecule has 0 bridgehead atoms. The van der Waals surface area contributed by atoms with Gasteiger partial charge in [-0.1, -0.05) is 0 Å². The van der Waals surface area contributed by atoms with E-state index in [1.807, 2.05) is 0 Å². The first kappa shape index (κ1) is 13.4. The summed E-state index contributed by atoms with van der Waals surface area (Å²) in [5.74, 6) is 1.50. The molecule has 0 amide bonds. The summed E-state index contributed by atoms with van der Waals surface area (Å²) in [4.78, 5) is 2.55. The highest BCUT2D eigenvalue weighted by Crippen LogP contribution is 2.42. The van der Waals surface area contributed by atoms with E-state index >= 15 is 0 Å². The quantitative estimate of drug-likeness (QED) is 0.730. The van der Waals surface area contributed by atoms with Crippen molar-refractivity contribution in [2.45, 2.75) is 70.0 Å². The van der Waals surface area contributed by atoms with E-state index in [-0.39, 0.29) is 5.54 Å². The van der Waals surface area contributed by atoms with Crippen LogP contribution in [0.2, 0.25) is 0 Å². The lowest BCUT2D eigenvalue weighted by Gasteiger charge is -2.37. The van der Waals surface area contributed by atoms with Crippen LogP contribution in [-0.2, 0) is 0 Å². The molecule has 3 heteroatoms. The second kappa shape index (κ2) is 5.07. The maximum absolute atomic E-state index is 9.80. The molecule has 0 saturated heterocycles. The topological polar surface area (TPSA) is 39.1 Å². The van der Waals surface area contributed by atoms with Crippen molar-refractivity contribution in [2.75, 3.05) is 13.1 Å². The van der Waals surface area contributed by atoms with Crippen molar-refractivity contribution < 1.29 is 0 Å². The molecule has 0 radical (unpaired) electrons. The van der Waals surface area contributed by atoms with E-state index in [1.165, 1.54) is 45.1 Å². The lowest BCUT2D eigenvalue weighted by molar-refractivity contribution is 0.154. The van der Waals surface area contributed by atoms with Crippen LogP contribution in [0.4, 0.5) is 0 Å². The van der Waals surface area contributed by atoms with E-state index in [4.69, 9.17) is 0 Å². The molecular weight excluding hydrogens is 234 g/mol. The number of nitrogens with zero attached hydrogens (tertiary/aromatic N) is 2. The Labute approximate surface area is 117 Å². The molecule has 0 aromatic rings. The third kappa shape index (κ3) is 3.30. The fourth-order valence-corrected chi connectivity index (χ4v) is 3.03. The minimum Gasteiger partial charge on any atom is -0.298 e. The number of hydrogen-bond acceptors (Lipinski definition) is 3. The van der Waals surface area contributed by atoms with Crippen molar-refractivity contribution >= 4 is 0 Å². The fraction of sp³-hybridized carbons (Fsp3) is 0.938. The van der Waals surface area contributed by atoms with Crippen molar-refractivity contribution in [3.63, 3.8) is 0 Å². The van der Waals surface area contributed by atoms with E-state index in [0.717, 1.165) is 12.5 Å². The first-order valence-corrected chi connectivity index (χ1v) is 8.06. The van der Waals surface area contributed by atoms with Crippen molar-refractivity contribution in [2.24, 2.45) is 11.8 Å². The molecule has 3 rings (SSSR count). The monoisotopic (exact) mass is 261 g/mol. The van der Waals surface area contributed by atoms with Crippen LogP contribution in [-0.4, -0.2) is 35.6 Å². The maximum atomic E-state index is 9.80. The van der Waals surface area contributed by atoms with Gasteiger partial charge in [-0.05, 0) is 64.2 Å². The van der Waals surface area contributed by atoms with Crippen LogP contribution in [0.3, 0.4) is 0 Å². The minimum absolute atomic E-state index is 0.264. The molecule has 3 saturated carbocycles. The maximum Gasteiger partial charge on any atom is 0.122 e. The molecule has 1 unspecified atom stereocenters. The van der Waals surface area contributed by atoms with Gasteiger partial charge in [0.1, 0.15) is 5.54 Å². The van der Waals surface area contributed by atoms with E-state index < -0.39 is 0 Å². The molecule has 3 fully saturated rings. The van der Waals surface area contributed by atoms with Gasteiger partial charge >= 0.3 is 0 Å². The number of hydrogen-bond donors (Lipinski definition) is 1. The fourth-order valence-electron chi connectivity index (χ4n) is 3.03. The van der Waals surface area contributed by atoms with Gasteiger partial charge in [0.2, 0.25) is 0 Å². The average Bonchev–Trinajstić information content (AvgIpc) is 3.24. The van der Waals surface area contributed by atoms with Gasteiger partial charge in [-0.15, -0.1) is 0 Å². The summed E-state index contributed by atoms with van der Waals surface area (Å²) in [6, 6.07) is 3.84. The minimum atomic E-state index is -0.264. The van der Waals surface area contributed by atoms with Crippen LogP contribution >= 0.6 is 0 Å². The average molecular weight is 261 g/mol. The van der Waals surface area contributed by atoms with Gasteiger partial charge in [-0.25, -0.2) is 0 Å². The molecule has 0 heterocycles. The van der Waals surface area contributed by atoms with Gasteiger partial charge in [-0.2, -0.15) is 5.26 Å². The molecule has 1 N–H and O–H groups in total. The Balaban J connectivity index is 1.68. The summed E-state index contributed by atoms with van der Waals surface area (Å²) >= 11 is 0. The number of nitrogens with one attached hydrogen (secondary N) is 1. The van der Waals surface area contributed by atoms with Gasteiger partial charge in [0.05, 0.1) is 6.07 Å². The normalized spacial score (nSPS) is 26.5. The Kier molecular flexibility index (Phi) is 3.57. The summed E-state index contributed by atoms with van der Waals surface area (Å²) in [7, 11) is 0. The Morgan fingerprint density at radius 2 is 1.89 bits per heavy atom. The Bertz CT molecular complexity index is 361. The predicted octanol–water partition coefficient (Wildman–Crippen LogP) is 2.53. The molecule has 19 heavy (non-hydrogen) atoms. The second-order valence-corrected chi connectivity index (χ2v) is 7.24. The van der Waals surface area contributed by atoms with Gasteiger partial charge < -0.3 is 0 Å². The SMILES string of the molecule is CC(C)N(CC1CC1)CC(C#N)(NC1CC1)C1CC1. The molecule has 0 spiro atoms. The second-order valence-electron chi connectivity index (χ2n) is 7.24. The zero-order chi connectivity index (χ0) is 13.5. The highest BCUT2D eigenvalue weighted by Gasteiger charge is 2.49. The zero-order valence-electron chi connectivity index (χ0n) is 12.4. The molecule has 3 nitrogen and oxygen atoms in total. The Morgan fingerprint density at radius 1 is 1.21 bits per heavy atom.